The molecule has 0 radical (unpaired) electrons. The summed E-state index contributed by atoms with van der Waals surface area (Å²) >= 11 is 0. The van der Waals surface area contributed by atoms with Gasteiger partial charge < -0.3 is 0 Å². The van der Waals surface area contributed by atoms with Crippen LogP contribution < -0.4 is 0 Å². The second-order valence-corrected chi connectivity index (χ2v) is 6.65. The SMILES string of the molecule is O=Cc1cc(S(=O)(=O)O)c(S(=O)(=O)O)c2ccccc12.[NaH]. The first-order valence-corrected chi connectivity index (χ1v) is 8.00. The minimum atomic E-state index is -4.94. The summed E-state index contributed by atoms with van der Waals surface area (Å²) in [5.74, 6) is 0. The third-order valence-corrected chi connectivity index (χ3v) is 4.62. The molecule has 0 bridgehead atoms. The Labute approximate surface area is 142 Å². The number of hydrogen-bond acceptors (Lipinski definition) is 5. The second-order valence-electron chi connectivity index (χ2n) is 3.91. The van der Waals surface area contributed by atoms with Crippen LogP contribution in [0, 0.1) is 0 Å². The molecule has 7 nitrogen and oxygen atoms in total. The monoisotopic (exact) mass is 340 g/mol. The van der Waals surface area contributed by atoms with Crippen molar-refractivity contribution in [3.8, 4) is 0 Å². The molecule has 2 rings (SSSR count). The standard InChI is InChI=1S/C11H8O7S2.Na.H/c12-6-7-5-10(19(13,14)15)11(20(16,17)18)9-4-2-1-3-8(7)9;;/h1-6H,(H,13,14,15)(H,16,17,18);;. The first-order chi connectivity index (χ1) is 9.16. The van der Waals surface area contributed by atoms with Crippen LogP contribution in [0.2, 0.25) is 0 Å². The Balaban J connectivity index is 0.00000220. The predicted molar refractivity (Wildman–Crippen MR) is 76.1 cm³/mol. The second kappa shape index (κ2) is 6.13. The van der Waals surface area contributed by atoms with Crippen molar-refractivity contribution in [2.24, 2.45) is 0 Å². The van der Waals surface area contributed by atoms with E-state index >= 15 is 0 Å². The van der Waals surface area contributed by atoms with Gasteiger partial charge >= 0.3 is 29.6 Å². The van der Waals surface area contributed by atoms with Crippen molar-refractivity contribution >= 4 is 66.9 Å². The summed E-state index contributed by atoms with van der Waals surface area (Å²) in [5.41, 5.74) is -0.124. The van der Waals surface area contributed by atoms with Crippen LogP contribution in [0.5, 0.6) is 0 Å². The zero-order valence-corrected chi connectivity index (χ0v) is 11.3. The van der Waals surface area contributed by atoms with Gasteiger partial charge in [0.25, 0.3) is 20.2 Å². The normalized spacial score (nSPS) is 11.9. The third kappa shape index (κ3) is 3.51. The molecule has 21 heavy (non-hydrogen) atoms. The summed E-state index contributed by atoms with van der Waals surface area (Å²) in [6.45, 7) is 0. The van der Waals surface area contributed by atoms with Gasteiger partial charge in [0.2, 0.25) is 0 Å². The fraction of sp³-hybridized carbons (Fsp3) is 0. The number of carbonyl (C=O) groups excluding carboxylic acids is 1. The number of fused-ring (bicyclic) bond motifs is 1. The molecule has 0 spiro atoms. The van der Waals surface area contributed by atoms with Crippen molar-refractivity contribution in [2.45, 2.75) is 9.79 Å². The Bertz CT molecular complexity index is 917. The van der Waals surface area contributed by atoms with E-state index in [1.165, 1.54) is 24.3 Å². The molecular weight excluding hydrogens is 331 g/mol. The van der Waals surface area contributed by atoms with Gasteiger partial charge in [-0.05, 0) is 11.5 Å². The van der Waals surface area contributed by atoms with E-state index in [2.05, 4.69) is 0 Å². The molecule has 0 atom stereocenters. The molecule has 108 valence electrons. The molecule has 0 heterocycles. The summed E-state index contributed by atoms with van der Waals surface area (Å²) < 4.78 is 63.7. The number of carbonyl (C=O) groups is 1. The molecule has 0 aliphatic heterocycles. The van der Waals surface area contributed by atoms with Gasteiger partial charge in [-0.1, -0.05) is 24.3 Å². The van der Waals surface area contributed by atoms with Crippen LogP contribution in [-0.2, 0) is 20.2 Å². The molecule has 2 aromatic carbocycles. The fourth-order valence-electron chi connectivity index (χ4n) is 1.91. The Morgan fingerprint density at radius 1 is 0.905 bits per heavy atom. The average Bonchev–Trinajstić information content (AvgIpc) is 2.34. The maximum absolute atomic E-state index is 11.4. The van der Waals surface area contributed by atoms with E-state index in [9.17, 15) is 26.2 Å². The molecule has 2 N–H and O–H groups in total. The molecule has 0 unspecified atom stereocenters. The molecule has 0 aliphatic rings. The molecule has 0 aromatic heterocycles. The Morgan fingerprint density at radius 3 is 1.86 bits per heavy atom. The number of aldehydes is 1. The van der Waals surface area contributed by atoms with Crippen molar-refractivity contribution in [1.29, 1.82) is 0 Å². The summed E-state index contributed by atoms with van der Waals surface area (Å²) in [6, 6.07) is 6.23. The van der Waals surface area contributed by atoms with Gasteiger partial charge in [-0.25, -0.2) is 0 Å². The number of rotatable bonds is 3. The van der Waals surface area contributed by atoms with Gasteiger partial charge in [-0.3, -0.25) is 13.9 Å². The van der Waals surface area contributed by atoms with Crippen LogP contribution >= 0.6 is 0 Å². The van der Waals surface area contributed by atoms with E-state index in [1.807, 2.05) is 0 Å². The van der Waals surface area contributed by atoms with Crippen molar-refractivity contribution in [2.75, 3.05) is 0 Å². The summed E-state index contributed by atoms with van der Waals surface area (Å²) in [7, 11) is -9.86. The Morgan fingerprint density at radius 2 is 1.43 bits per heavy atom. The van der Waals surface area contributed by atoms with Crippen LogP contribution in [0.1, 0.15) is 10.4 Å². The Kier molecular flexibility index (Phi) is 5.32. The zero-order chi connectivity index (χ0) is 15.1. The topological polar surface area (TPSA) is 126 Å². The predicted octanol–water partition coefficient (Wildman–Crippen LogP) is 0.497. The van der Waals surface area contributed by atoms with Crippen molar-refractivity contribution in [1.82, 2.24) is 0 Å². The van der Waals surface area contributed by atoms with Gasteiger partial charge in [-0.15, -0.1) is 0 Å². The van der Waals surface area contributed by atoms with Crippen LogP contribution in [0.4, 0.5) is 0 Å². The first-order valence-electron chi connectivity index (χ1n) is 5.12. The molecule has 2 aromatic rings. The number of hydrogen-bond donors (Lipinski definition) is 2. The van der Waals surface area contributed by atoms with Gasteiger partial charge in [0.15, 0.2) is 6.29 Å². The quantitative estimate of drug-likeness (QED) is 0.473. The summed E-state index contributed by atoms with van der Waals surface area (Å²) in [4.78, 5) is 8.97. The van der Waals surface area contributed by atoms with E-state index in [0.717, 1.165) is 0 Å². The van der Waals surface area contributed by atoms with Crippen molar-refractivity contribution in [3.63, 3.8) is 0 Å². The molecule has 0 saturated heterocycles. The van der Waals surface area contributed by atoms with Gasteiger partial charge in [0.1, 0.15) is 9.79 Å². The zero-order valence-electron chi connectivity index (χ0n) is 9.72. The van der Waals surface area contributed by atoms with E-state index in [0.29, 0.717) is 12.4 Å². The first kappa shape index (κ1) is 18.2. The van der Waals surface area contributed by atoms with E-state index in [1.54, 1.807) is 0 Å². The van der Waals surface area contributed by atoms with E-state index in [4.69, 9.17) is 4.55 Å². The summed E-state index contributed by atoms with van der Waals surface area (Å²) in [5, 5.41) is -0.0326. The van der Waals surface area contributed by atoms with Gasteiger partial charge in [-0.2, -0.15) is 16.8 Å². The van der Waals surface area contributed by atoms with Gasteiger partial charge in [0.05, 0.1) is 0 Å². The summed E-state index contributed by atoms with van der Waals surface area (Å²) in [6.07, 6.45) is 0.324. The average molecular weight is 340 g/mol. The van der Waals surface area contributed by atoms with Crippen LogP contribution in [0.15, 0.2) is 40.1 Å². The fourth-order valence-corrected chi connectivity index (χ4v) is 3.93. The van der Waals surface area contributed by atoms with Crippen LogP contribution in [-0.4, -0.2) is 61.8 Å². The van der Waals surface area contributed by atoms with E-state index < -0.39 is 30.0 Å². The minimum absolute atomic E-state index is 0. The van der Waals surface area contributed by atoms with Crippen LogP contribution in [0.25, 0.3) is 10.8 Å². The molecule has 0 aliphatic carbocycles. The van der Waals surface area contributed by atoms with Crippen molar-refractivity contribution in [3.05, 3.63) is 35.9 Å². The van der Waals surface area contributed by atoms with Crippen molar-refractivity contribution < 1.29 is 30.7 Å². The van der Waals surface area contributed by atoms with Gasteiger partial charge in [0, 0.05) is 10.9 Å². The number of benzene rings is 2. The maximum atomic E-state index is 11.4. The van der Waals surface area contributed by atoms with E-state index in [-0.39, 0.29) is 45.9 Å². The third-order valence-electron chi connectivity index (χ3n) is 2.66. The molecule has 0 fully saturated rings. The molecule has 0 saturated carbocycles. The molecular formula is C11H9NaO7S2. The van der Waals surface area contributed by atoms with Crippen LogP contribution in [0.3, 0.4) is 0 Å². The molecule has 10 heteroatoms. The Hall–Kier alpha value is -0.810. The molecule has 0 amide bonds.